The maximum atomic E-state index is 13.4. The van der Waals surface area contributed by atoms with Crippen LogP contribution in [0.1, 0.15) is 41.2 Å². The quantitative estimate of drug-likeness (QED) is 0.536. The van der Waals surface area contributed by atoms with Crippen LogP contribution in [0.2, 0.25) is 0 Å². The first kappa shape index (κ1) is 23.2. The zero-order valence-corrected chi connectivity index (χ0v) is 18.0. The van der Waals surface area contributed by atoms with E-state index in [-0.39, 0.29) is 24.4 Å². The molecule has 2 aromatic heterocycles. The smallest absolute Gasteiger partial charge is 0.419 e. The molecular weight excluding hydrogens is 427 g/mol. The zero-order chi connectivity index (χ0) is 23.5. The average Bonchev–Trinajstić information content (AvgIpc) is 3.18. The van der Waals surface area contributed by atoms with Crippen molar-refractivity contribution in [2.45, 2.75) is 39.9 Å². The van der Waals surface area contributed by atoms with E-state index in [4.69, 9.17) is 9.15 Å². The fourth-order valence-electron chi connectivity index (χ4n) is 3.16. The molecule has 2 heterocycles. The number of hydrogen-bond acceptors (Lipinski definition) is 7. The minimum absolute atomic E-state index is 0.00818. The van der Waals surface area contributed by atoms with Gasteiger partial charge in [-0.05, 0) is 32.4 Å². The maximum Gasteiger partial charge on any atom is 0.419 e. The minimum Gasteiger partial charge on any atom is -0.461 e. The van der Waals surface area contributed by atoms with Crippen LogP contribution in [0, 0.1) is 13.8 Å². The van der Waals surface area contributed by atoms with Crippen molar-refractivity contribution in [1.82, 2.24) is 25.1 Å². The number of aromatic nitrogens is 4. The molecule has 0 bridgehead atoms. The van der Waals surface area contributed by atoms with Gasteiger partial charge in [0, 0.05) is 25.9 Å². The van der Waals surface area contributed by atoms with Gasteiger partial charge < -0.3 is 14.1 Å². The molecule has 0 saturated carbocycles. The van der Waals surface area contributed by atoms with Crippen LogP contribution in [-0.2, 0) is 6.18 Å². The van der Waals surface area contributed by atoms with Crippen molar-refractivity contribution in [2.75, 3.05) is 13.2 Å². The number of alkyl halides is 3. The molecule has 11 heteroatoms. The standard InChI is InChI=1S/C21H22F3N5O3/c1-5-29(13(3)11-31-20-25-9-15(10-26-20)21(22,23)24)19(30)16-8-6-7-12(2)17(16)18-28-27-14(4)32-18/h6-10,13H,5,11H2,1-4H3/t13-/m0/s1. The fraction of sp³-hybridized carbons (Fsp3) is 0.381. The number of nitrogens with zero attached hydrogens (tertiary/aromatic N) is 5. The molecule has 1 amide bonds. The van der Waals surface area contributed by atoms with Gasteiger partial charge in [0.2, 0.25) is 11.8 Å². The van der Waals surface area contributed by atoms with E-state index in [9.17, 15) is 18.0 Å². The maximum absolute atomic E-state index is 13.4. The highest BCUT2D eigenvalue weighted by atomic mass is 19.4. The molecule has 0 N–H and O–H groups in total. The van der Waals surface area contributed by atoms with Crippen LogP contribution in [0.25, 0.3) is 11.5 Å². The third kappa shape index (κ3) is 5.04. The third-order valence-electron chi connectivity index (χ3n) is 4.79. The summed E-state index contributed by atoms with van der Waals surface area (Å²) >= 11 is 0. The van der Waals surface area contributed by atoms with E-state index < -0.39 is 17.8 Å². The SMILES string of the molecule is CCN(C(=O)c1cccc(C)c1-c1nnc(C)o1)[C@@H](C)COc1ncc(C(F)(F)F)cn1. The molecule has 1 aromatic carbocycles. The lowest BCUT2D eigenvalue weighted by molar-refractivity contribution is -0.138. The summed E-state index contributed by atoms with van der Waals surface area (Å²) in [6.07, 6.45) is -3.22. The molecule has 3 aromatic rings. The van der Waals surface area contributed by atoms with Gasteiger partial charge in [-0.2, -0.15) is 13.2 Å². The number of rotatable bonds is 7. The van der Waals surface area contributed by atoms with Crippen LogP contribution in [0.5, 0.6) is 6.01 Å². The summed E-state index contributed by atoms with van der Waals surface area (Å²) in [4.78, 5) is 22.1. The van der Waals surface area contributed by atoms with Crippen LogP contribution in [0.3, 0.4) is 0 Å². The Morgan fingerprint density at radius 1 is 1.19 bits per heavy atom. The Morgan fingerprint density at radius 2 is 1.88 bits per heavy atom. The van der Waals surface area contributed by atoms with Crippen molar-refractivity contribution >= 4 is 5.91 Å². The number of hydrogen-bond donors (Lipinski definition) is 0. The second-order valence-corrected chi connectivity index (χ2v) is 7.13. The van der Waals surface area contributed by atoms with Gasteiger partial charge in [0.1, 0.15) is 6.61 Å². The third-order valence-corrected chi connectivity index (χ3v) is 4.79. The van der Waals surface area contributed by atoms with Crippen molar-refractivity contribution in [3.05, 3.63) is 53.2 Å². The Hall–Kier alpha value is -3.50. The van der Waals surface area contributed by atoms with E-state index in [1.165, 1.54) is 0 Å². The van der Waals surface area contributed by atoms with Gasteiger partial charge in [-0.3, -0.25) is 4.79 Å². The van der Waals surface area contributed by atoms with Gasteiger partial charge in [-0.15, -0.1) is 10.2 Å². The van der Waals surface area contributed by atoms with E-state index in [1.807, 2.05) is 19.9 Å². The molecule has 0 aliphatic carbocycles. The summed E-state index contributed by atoms with van der Waals surface area (Å²) in [7, 11) is 0. The first-order valence-electron chi connectivity index (χ1n) is 9.85. The van der Waals surface area contributed by atoms with Crippen LogP contribution in [-0.4, -0.2) is 50.2 Å². The van der Waals surface area contributed by atoms with Crippen LogP contribution in [0.4, 0.5) is 13.2 Å². The first-order valence-corrected chi connectivity index (χ1v) is 9.85. The summed E-state index contributed by atoms with van der Waals surface area (Å²) in [6, 6.07) is 4.66. The molecule has 32 heavy (non-hydrogen) atoms. The summed E-state index contributed by atoms with van der Waals surface area (Å²) in [5, 5.41) is 7.88. The zero-order valence-electron chi connectivity index (χ0n) is 18.0. The molecule has 0 aliphatic heterocycles. The van der Waals surface area contributed by atoms with Crippen LogP contribution < -0.4 is 4.74 Å². The lowest BCUT2D eigenvalue weighted by Crippen LogP contribution is -2.42. The van der Waals surface area contributed by atoms with Gasteiger partial charge in [-0.1, -0.05) is 12.1 Å². The molecule has 0 saturated heterocycles. The first-order chi connectivity index (χ1) is 15.1. The van der Waals surface area contributed by atoms with Crippen molar-refractivity contribution in [2.24, 2.45) is 0 Å². The van der Waals surface area contributed by atoms with Gasteiger partial charge in [0.05, 0.1) is 22.7 Å². The Labute approximate surface area is 182 Å². The number of aryl methyl sites for hydroxylation is 2. The molecule has 0 radical (unpaired) electrons. The number of ether oxygens (including phenoxy) is 1. The lowest BCUT2D eigenvalue weighted by Gasteiger charge is -2.28. The van der Waals surface area contributed by atoms with E-state index in [0.29, 0.717) is 36.0 Å². The number of carbonyl (C=O) groups excluding carboxylic acids is 1. The molecule has 8 nitrogen and oxygen atoms in total. The highest BCUT2D eigenvalue weighted by molar-refractivity contribution is 6.00. The summed E-state index contributed by atoms with van der Waals surface area (Å²) in [5.41, 5.74) is 0.785. The van der Waals surface area contributed by atoms with E-state index >= 15 is 0 Å². The highest BCUT2D eigenvalue weighted by Gasteiger charge is 2.31. The number of benzene rings is 1. The van der Waals surface area contributed by atoms with Crippen molar-refractivity contribution < 1.29 is 27.1 Å². The second kappa shape index (κ2) is 9.33. The fourth-order valence-corrected chi connectivity index (χ4v) is 3.16. The molecule has 170 valence electrons. The Bertz CT molecular complexity index is 1080. The topological polar surface area (TPSA) is 94.2 Å². The van der Waals surface area contributed by atoms with E-state index in [1.54, 1.807) is 30.9 Å². The van der Waals surface area contributed by atoms with Gasteiger partial charge in [0.15, 0.2) is 0 Å². The normalized spacial score (nSPS) is 12.5. The molecule has 1 atom stereocenters. The predicted octanol–water partition coefficient (Wildman–Crippen LogP) is 4.09. The van der Waals surface area contributed by atoms with Crippen molar-refractivity contribution in [3.8, 4) is 17.5 Å². The lowest BCUT2D eigenvalue weighted by atomic mass is 10.00. The average molecular weight is 449 g/mol. The molecule has 0 spiro atoms. The monoisotopic (exact) mass is 449 g/mol. The number of halogens is 3. The molecule has 0 unspecified atom stereocenters. The van der Waals surface area contributed by atoms with Crippen LogP contribution >= 0.6 is 0 Å². The van der Waals surface area contributed by atoms with Gasteiger partial charge in [0.25, 0.3) is 5.91 Å². The highest BCUT2D eigenvalue weighted by Crippen LogP contribution is 2.29. The molecule has 0 aliphatic rings. The largest absolute Gasteiger partial charge is 0.461 e. The minimum atomic E-state index is -4.53. The van der Waals surface area contributed by atoms with Crippen molar-refractivity contribution in [1.29, 1.82) is 0 Å². The van der Waals surface area contributed by atoms with E-state index in [2.05, 4.69) is 20.2 Å². The number of carbonyl (C=O) groups is 1. The Balaban J connectivity index is 1.77. The molecular formula is C21H22F3N5O3. The van der Waals surface area contributed by atoms with Crippen molar-refractivity contribution in [3.63, 3.8) is 0 Å². The summed E-state index contributed by atoms with van der Waals surface area (Å²) in [6.45, 7) is 7.44. The Morgan fingerprint density at radius 3 is 2.44 bits per heavy atom. The van der Waals surface area contributed by atoms with Gasteiger partial charge in [-0.25, -0.2) is 9.97 Å². The molecule has 3 rings (SSSR count). The second-order valence-electron chi connectivity index (χ2n) is 7.13. The number of amides is 1. The predicted molar refractivity (Wildman–Crippen MR) is 108 cm³/mol. The Kier molecular flexibility index (Phi) is 6.75. The van der Waals surface area contributed by atoms with Crippen LogP contribution in [0.15, 0.2) is 35.0 Å². The number of likely N-dealkylation sites (N-methyl/N-ethyl adjacent to an activating group) is 1. The van der Waals surface area contributed by atoms with E-state index in [0.717, 1.165) is 5.56 Å². The molecule has 0 fully saturated rings. The van der Waals surface area contributed by atoms with Gasteiger partial charge >= 0.3 is 12.2 Å². The summed E-state index contributed by atoms with van der Waals surface area (Å²) in [5.74, 6) is 0.362. The summed E-state index contributed by atoms with van der Waals surface area (Å²) < 4.78 is 48.9.